The minimum atomic E-state index is -3.58. The fourth-order valence-electron chi connectivity index (χ4n) is 5.74. The predicted molar refractivity (Wildman–Crippen MR) is 168 cm³/mol. The van der Waals surface area contributed by atoms with Crippen LogP contribution in [0.4, 0.5) is 10.5 Å². The van der Waals surface area contributed by atoms with Crippen LogP contribution in [-0.2, 0) is 26.0 Å². The van der Waals surface area contributed by atoms with Crippen molar-refractivity contribution >= 4 is 38.5 Å². The first-order valence-corrected chi connectivity index (χ1v) is 16.5. The molecule has 5 rings (SSSR count). The summed E-state index contributed by atoms with van der Waals surface area (Å²) >= 11 is 0. The molecule has 0 spiro atoms. The lowest BCUT2D eigenvalue weighted by molar-refractivity contribution is -0.132. The van der Waals surface area contributed by atoms with E-state index in [1.807, 2.05) is 42.5 Å². The number of benzene rings is 3. The molecule has 0 radical (unpaired) electrons. The van der Waals surface area contributed by atoms with Crippen LogP contribution in [-0.4, -0.2) is 62.4 Å². The van der Waals surface area contributed by atoms with Crippen molar-refractivity contribution in [3.8, 4) is 11.8 Å². The third-order valence-corrected chi connectivity index (χ3v) is 9.69. The van der Waals surface area contributed by atoms with Gasteiger partial charge in [0, 0.05) is 32.4 Å². The van der Waals surface area contributed by atoms with E-state index < -0.39 is 27.8 Å². The highest BCUT2D eigenvalue weighted by Crippen LogP contribution is 2.44. The average Bonchev–Trinajstić information content (AvgIpc) is 3.38. The summed E-state index contributed by atoms with van der Waals surface area (Å²) < 4.78 is 39.7. The van der Waals surface area contributed by atoms with Gasteiger partial charge in [0.25, 0.3) is 0 Å². The second-order valence-electron chi connectivity index (χ2n) is 12.2. The molecule has 1 N–H and O–H groups in total. The quantitative estimate of drug-likeness (QED) is 0.392. The van der Waals surface area contributed by atoms with Gasteiger partial charge in [-0.1, -0.05) is 18.2 Å². The first kappa shape index (κ1) is 31.1. The molecular weight excluding hydrogens is 580 g/mol. The molecule has 3 aromatic carbocycles. The molecule has 0 aromatic heterocycles. The fraction of sp³-hybridized carbons (Fsp3) is 0.424. The van der Waals surface area contributed by atoms with E-state index in [0.29, 0.717) is 49.4 Å². The number of sulfonamides is 1. The van der Waals surface area contributed by atoms with Crippen LogP contribution in [0.25, 0.3) is 10.8 Å². The van der Waals surface area contributed by atoms with Crippen LogP contribution < -0.4 is 14.4 Å². The lowest BCUT2D eigenvalue weighted by Gasteiger charge is -2.32. The highest BCUT2D eigenvalue weighted by Gasteiger charge is 2.38. The Kier molecular flexibility index (Phi) is 8.75. The molecule has 3 aromatic rings. The molecule has 2 aliphatic rings. The number of rotatable bonds is 7. The zero-order chi connectivity index (χ0) is 31.6. The van der Waals surface area contributed by atoms with Crippen LogP contribution >= 0.6 is 0 Å². The van der Waals surface area contributed by atoms with Crippen molar-refractivity contribution in [1.82, 2.24) is 10.2 Å². The number of piperidine rings is 1. The predicted octanol–water partition coefficient (Wildman–Crippen LogP) is 5.06. The van der Waals surface area contributed by atoms with Gasteiger partial charge in [-0.3, -0.25) is 9.10 Å². The first-order valence-electron chi connectivity index (χ1n) is 14.9. The van der Waals surface area contributed by atoms with Crippen molar-refractivity contribution < 1.29 is 27.5 Å². The van der Waals surface area contributed by atoms with E-state index in [0.717, 1.165) is 21.9 Å². The minimum absolute atomic E-state index is 0.0298. The second-order valence-corrected chi connectivity index (χ2v) is 14.3. The van der Waals surface area contributed by atoms with Gasteiger partial charge in [0.15, 0.2) is 0 Å². The summed E-state index contributed by atoms with van der Waals surface area (Å²) in [6.07, 6.45) is 1.04. The van der Waals surface area contributed by atoms with E-state index in [9.17, 15) is 23.3 Å². The van der Waals surface area contributed by atoms with Gasteiger partial charge in [-0.05, 0) is 86.0 Å². The summed E-state index contributed by atoms with van der Waals surface area (Å²) in [5.74, 6) is 0.456. The Morgan fingerprint density at radius 1 is 1.02 bits per heavy atom. The van der Waals surface area contributed by atoms with Crippen LogP contribution in [0.15, 0.2) is 54.6 Å². The summed E-state index contributed by atoms with van der Waals surface area (Å²) in [4.78, 5) is 26.2. The third-order valence-electron chi connectivity index (χ3n) is 7.91. The Morgan fingerprint density at radius 3 is 2.43 bits per heavy atom. The number of nitrogens with one attached hydrogen (secondary N) is 1. The number of nitrogens with zero attached hydrogens (tertiary/aromatic N) is 3. The minimum Gasteiger partial charge on any atom is -0.490 e. The van der Waals surface area contributed by atoms with E-state index >= 15 is 0 Å². The van der Waals surface area contributed by atoms with Crippen LogP contribution in [0.1, 0.15) is 63.3 Å². The molecule has 0 aliphatic carbocycles. The molecule has 0 saturated carbocycles. The number of hydrogen-bond acceptors (Lipinski definition) is 7. The number of alkyl carbamates (subject to hydrolysis) is 1. The molecule has 10 nitrogen and oxygen atoms in total. The second kappa shape index (κ2) is 12.4. The van der Waals surface area contributed by atoms with Crippen LogP contribution in [0.2, 0.25) is 0 Å². The monoisotopic (exact) mass is 618 g/mol. The number of fused-ring (bicyclic) bond motifs is 2. The van der Waals surface area contributed by atoms with Gasteiger partial charge >= 0.3 is 6.09 Å². The molecule has 2 aliphatic heterocycles. The Hall–Kier alpha value is -4.30. The van der Waals surface area contributed by atoms with Crippen molar-refractivity contribution in [2.45, 2.75) is 64.7 Å². The van der Waals surface area contributed by atoms with Gasteiger partial charge in [-0.25, -0.2) is 13.2 Å². The van der Waals surface area contributed by atoms with Gasteiger partial charge in [-0.2, -0.15) is 5.26 Å². The highest BCUT2D eigenvalue weighted by atomic mass is 32.2. The molecule has 11 heteroatoms. The number of hydrogen-bond donors (Lipinski definition) is 1. The largest absolute Gasteiger partial charge is 0.490 e. The number of carbonyl (C=O) groups excluding carboxylic acids is 2. The molecule has 2 amide bonds. The molecule has 1 fully saturated rings. The number of anilines is 1. The summed E-state index contributed by atoms with van der Waals surface area (Å²) in [6, 6.07) is 18.7. The molecule has 1 saturated heterocycles. The average molecular weight is 619 g/mol. The van der Waals surface area contributed by atoms with Gasteiger partial charge in [0.2, 0.25) is 15.9 Å². The van der Waals surface area contributed by atoms with E-state index in [1.54, 1.807) is 44.7 Å². The molecule has 44 heavy (non-hydrogen) atoms. The maximum atomic E-state index is 13.3. The van der Waals surface area contributed by atoms with Crippen LogP contribution in [0.3, 0.4) is 0 Å². The van der Waals surface area contributed by atoms with E-state index in [4.69, 9.17) is 9.47 Å². The van der Waals surface area contributed by atoms with Gasteiger partial charge in [0.05, 0.1) is 29.1 Å². The zero-order valence-corrected chi connectivity index (χ0v) is 26.3. The number of ether oxygens (including phenoxy) is 2. The third kappa shape index (κ3) is 6.91. The van der Waals surface area contributed by atoms with E-state index in [2.05, 4.69) is 11.4 Å². The van der Waals surface area contributed by atoms with Crippen molar-refractivity contribution in [3.05, 3.63) is 71.3 Å². The summed E-state index contributed by atoms with van der Waals surface area (Å²) in [6.45, 7) is 7.82. The summed E-state index contributed by atoms with van der Waals surface area (Å²) in [5.41, 5.74) is 2.31. The number of carbonyl (C=O) groups is 2. The molecule has 0 bridgehead atoms. The lowest BCUT2D eigenvalue weighted by atomic mass is 9.98. The van der Waals surface area contributed by atoms with Crippen LogP contribution in [0.5, 0.6) is 5.75 Å². The highest BCUT2D eigenvalue weighted by molar-refractivity contribution is 7.92. The van der Waals surface area contributed by atoms with Crippen molar-refractivity contribution in [2.75, 3.05) is 29.7 Å². The SMILES string of the molecule is CCS(=O)(=O)N1c2ccc(OC3CCN(C(=O)CNC(=O)OC(C)(C)C)CC3)cc2CC1c1ccc2ccc(C#N)cc2c1. The van der Waals surface area contributed by atoms with Gasteiger partial charge in [0.1, 0.15) is 24.0 Å². The van der Waals surface area contributed by atoms with Crippen molar-refractivity contribution in [1.29, 1.82) is 5.26 Å². The lowest BCUT2D eigenvalue weighted by Crippen LogP contribution is -2.46. The fourth-order valence-corrected chi connectivity index (χ4v) is 7.08. The smallest absolute Gasteiger partial charge is 0.408 e. The zero-order valence-electron chi connectivity index (χ0n) is 25.5. The van der Waals surface area contributed by atoms with Crippen molar-refractivity contribution in [3.63, 3.8) is 0 Å². The maximum absolute atomic E-state index is 13.3. The molecule has 232 valence electrons. The summed E-state index contributed by atoms with van der Waals surface area (Å²) in [5, 5.41) is 13.7. The van der Waals surface area contributed by atoms with Gasteiger partial charge < -0.3 is 19.7 Å². The molecule has 1 unspecified atom stereocenters. The number of likely N-dealkylation sites (tertiary alicyclic amines) is 1. The normalized spacial score (nSPS) is 17.2. The topological polar surface area (TPSA) is 129 Å². The van der Waals surface area contributed by atoms with E-state index in [-0.39, 0.29) is 24.3 Å². The summed E-state index contributed by atoms with van der Waals surface area (Å²) in [7, 11) is -3.58. The number of nitriles is 1. The Morgan fingerprint density at radius 2 is 1.75 bits per heavy atom. The van der Waals surface area contributed by atoms with Crippen LogP contribution in [0, 0.1) is 11.3 Å². The first-order chi connectivity index (χ1) is 20.9. The Labute approximate surface area is 258 Å². The standard InChI is InChI=1S/C33H38N4O6S/c1-5-44(40,41)37-29-11-10-28(42-27-12-14-36(15-13-27)31(38)21-35-32(39)43-33(2,3)4)18-26(29)19-30(37)24-9-8-23-7-6-22(20-34)16-25(23)17-24/h6-11,16-18,27,30H,5,12-15,19,21H2,1-4H3,(H,35,39). The molecule has 1 atom stereocenters. The maximum Gasteiger partial charge on any atom is 0.408 e. The molecular formula is C33H38N4O6S. The van der Waals surface area contributed by atoms with E-state index in [1.165, 1.54) is 4.31 Å². The molecule has 2 heterocycles. The van der Waals surface area contributed by atoms with Crippen molar-refractivity contribution in [2.24, 2.45) is 0 Å². The Balaban J connectivity index is 1.26. The van der Waals surface area contributed by atoms with Gasteiger partial charge in [-0.15, -0.1) is 0 Å². The number of amides is 2. The Bertz CT molecular complexity index is 1720.